The first kappa shape index (κ1) is 14.8. The first-order chi connectivity index (χ1) is 9.84. The zero-order chi connectivity index (χ0) is 15.6. The summed E-state index contributed by atoms with van der Waals surface area (Å²) in [6.07, 6.45) is -3.44. The number of aromatic nitrogens is 3. The molecule has 112 valence electrons. The summed E-state index contributed by atoms with van der Waals surface area (Å²) in [6.45, 7) is 0. The van der Waals surface area contributed by atoms with Crippen molar-refractivity contribution < 1.29 is 18.0 Å². The third-order valence-corrected chi connectivity index (χ3v) is 2.70. The van der Waals surface area contributed by atoms with Gasteiger partial charge >= 0.3 is 6.18 Å². The number of hydrogen-bond acceptors (Lipinski definition) is 5. The second-order valence-electron chi connectivity index (χ2n) is 4.03. The normalized spacial score (nSPS) is 11.3. The van der Waals surface area contributed by atoms with Crippen LogP contribution >= 0.6 is 0 Å². The van der Waals surface area contributed by atoms with Crippen molar-refractivity contribution >= 4 is 17.5 Å². The molecule has 1 aromatic carbocycles. The molecule has 4 N–H and O–H groups in total. The number of amides is 1. The highest BCUT2D eigenvalue weighted by molar-refractivity contribution is 6.07. The zero-order valence-corrected chi connectivity index (χ0v) is 10.8. The molecule has 1 heterocycles. The average Bonchev–Trinajstić information content (AvgIpc) is 2.82. The lowest BCUT2D eigenvalue weighted by Crippen LogP contribution is -2.22. The molecular formula is C11H11F3N6O. The molecule has 1 aromatic heterocycles. The van der Waals surface area contributed by atoms with Gasteiger partial charge in [-0.05, 0) is 12.1 Å². The van der Waals surface area contributed by atoms with Crippen LogP contribution in [0.4, 0.5) is 24.8 Å². The molecule has 0 unspecified atom stereocenters. The average molecular weight is 300 g/mol. The highest BCUT2D eigenvalue weighted by Gasteiger charge is 2.35. The van der Waals surface area contributed by atoms with Crippen molar-refractivity contribution in [1.29, 1.82) is 0 Å². The fraction of sp³-hybridized carbons (Fsp3) is 0.182. The van der Waals surface area contributed by atoms with Crippen LogP contribution in [0.2, 0.25) is 0 Å². The molecule has 10 heteroatoms. The molecule has 21 heavy (non-hydrogen) atoms. The number of hydrogen-bond donors (Lipinski definition) is 3. The van der Waals surface area contributed by atoms with E-state index in [1.807, 2.05) is 5.43 Å². The summed E-state index contributed by atoms with van der Waals surface area (Å²) in [5, 5.41) is 6.08. The van der Waals surface area contributed by atoms with Crippen LogP contribution in [-0.2, 0) is 13.2 Å². The third-order valence-electron chi connectivity index (χ3n) is 2.70. The monoisotopic (exact) mass is 300 g/mol. The van der Waals surface area contributed by atoms with E-state index in [9.17, 15) is 18.0 Å². The summed E-state index contributed by atoms with van der Waals surface area (Å²) >= 11 is 0. The smallest absolute Gasteiger partial charge is 0.323 e. The maximum Gasteiger partial charge on any atom is 0.418 e. The second kappa shape index (κ2) is 5.40. The molecule has 0 atom stereocenters. The molecular weight excluding hydrogens is 289 g/mol. The first-order valence-corrected chi connectivity index (χ1v) is 5.66. The first-order valence-electron chi connectivity index (χ1n) is 5.66. The van der Waals surface area contributed by atoms with Crippen LogP contribution in [0, 0.1) is 0 Å². The maximum absolute atomic E-state index is 12.9. The van der Waals surface area contributed by atoms with Crippen LogP contribution in [0.1, 0.15) is 15.9 Å². The predicted molar refractivity (Wildman–Crippen MR) is 68.2 cm³/mol. The number of rotatable bonds is 3. The summed E-state index contributed by atoms with van der Waals surface area (Å²) in [5.74, 6) is 4.44. The molecule has 2 rings (SSSR count). The Bertz CT molecular complexity index is 666. The Balaban J connectivity index is 2.40. The van der Waals surface area contributed by atoms with Crippen molar-refractivity contribution in [2.75, 3.05) is 10.7 Å². The number of benzene rings is 1. The van der Waals surface area contributed by atoms with Gasteiger partial charge in [-0.1, -0.05) is 6.07 Å². The van der Waals surface area contributed by atoms with Crippen molar-refractivity contribution in [2.45, 2.75) is 6.18 Å². The number of nitrogens with one attached hydrogen (secondary N) is 2. The quantitative estimate of drug-likeness (QED) is 0.587. The number of halogens is 3. The lowest BCUT2D eigenvalue weighted by molar-refractivity contribution is -0.137. The van der Waals surface area contributed by atoms with Gasteiger partial charge in [0.25, 0.3) is 5.91 Å². The van der Waals surface area contributed by atoms with E-state index in [0.717, 1.165) is 12.1 Å². The Morgan fingerprint density at radius 2 is 2.10 bits per heavy atom. The Morgan fingerprint density at radius 1 is 1.38 bits per heavy atom. The van der Waals surface area contributed by atoms with Crippen LogP contribution in [-0.4, -0.2) is 20.7 Å². The third kappa shape index (κ3) is 2.94. The molecule has 0 spiro atoms. The second-order valence-corrected chi connectivity index (χ2v) is 4.03. The molecule has 2 aromatic rings. The molecule has 1 amide bonds. The van der Waals surface area contributed by atoms with E-state index in [2.05, 4.69) is 15.4 Å². The maximum atomic E-state index is 12.9. The zero-order valence-electron chi connectivity index (χ0n) is 10.8. The minimum Gasteiger partial charge on any atom is -0.323 e. The molecule has 0 aliphatic rings. The highest BCUT2D eigenvalue weighted by Crippen LogP contribution is 2.36. The van der Waals surface area contributed by atoms with Gasteiger partial charge in [0.05, 0.1) is 16.8 Å². The Labute approximate surface area is 116 Å². The van der Waals surface area contributed by atoms with E-state index < -0.39 is 23.3 Å². The van der Waals surface area contributed by atoms with Crippen molar-refractivity contribution in [3.63, 3.8) is 0 Å². The van der Waals surface area contributed by atoms with Gasteiger partial charge in [0.15, 0.2) is 0 Å². The predicted octanol–water partition coefficient (Wildman–Crippen LogP) is 1.37. The molecule has 7 nitrogen and oxygen atoms in total. The minimum absolute atomic E-state index is 0.0976. The SMILES string of the molecule is Cn1ncnc1NC(=O)c1cccc(C(F)(F)F)c1NN. The lowest BCUT2D eigenvalue weighted by atomic mass is 10.1. The topological polar surface area (TPSA) is 97.9 Å². The summed E-state index contributed by atoms with van der Waals surface area (Å²) < 4.78 is 39.9. The largest absolute Gasteiger partial charge is 0.418 e. The van der Waals surface area contributed by atoms with E-state index >= 15 is 0 Å². The van der Waals surface area contributed by atoms with Crippen molar-refractivity contribution in [1.82, 2.24) is 14.8 Å². The van der Waals surface area contributed by atoms with Crippen molar-refractivity contribution in [3.8, 4) is 0 Å². The number of carbonyl (C=O) groups is 1. The van der Waals surface area contributed by atoms with E-state index in [1.54, 1.807) is 0 Å². The van der Waals surface area contributed by atoms with E-state index in [-0.39, 0.29) is 11.5 Å². The van der Waals surface area contributed by atoms with Gasteiger partial charge in [-0.2, -0.15) is 23.3 Å². The number of nitrogens with zero attached hydrogens (tertiary/aromatic N) is 3. The van der Waals surface area contributed by atoms with Gasteiger partial charge in [0, 0.05) is 7.05 Å². The number of nitrogens with two attached hydrogens (primary N) is 1. The number of para-hydroxylation sites is 1. The van der Waals surface area contributed by atoms with E-state index in [1.165, 1.54) is 24.1 Å². The Morgan fingerprint density at radius 3 is 2.62 bits per heavy atom. The van der Waals surface area contributed by atoms with Crippen LogP contribution in [0.3, 0.4) is 0 Å². The van der Waals surface area contributed by atoms with E-state index in [0.29, 0.717) is 0 Å². The number of nitrogen functional groups attached to an aromatic ring is 1. The van der Waals surface area contributed by atoms with E-state index in [4.69, 9.17) is 5.84 Å². The lowest BCUT2D eigenvalue weighted by Gasteiger charge is -2.15. The number of alkyl halides is 3. The Hall–Kier alpha value is -2.62. The van der Waals surface area contributed by atoms with Gasteiger partial charge in [-0.3, -0.25) is 16.0 Å². The number of hydrazine groups is 1. The van der Waals surface area contributed by atoms with Crippen molar-refractivity contribution in [3.05, 3.63) is 35.7 Å². The Kier molecular flexibility index (Phi) is 3.80. The minimum atomic E-state index is -4.64. The fourth-order valence-corrected chi connectivity index (χ4v) is 1.71. The van der Waals surface area contributed by atoms with Crippen LogP contribution in [0.5, 0.6) is 0 Å². The van der Waals surface area contributed by atoms with Gasteiger partial charge in [0.1, 0.15) is 6.33 Å². The van der Waals surface area contributed by atoms with Gasteiger partial charge < -0.3 is 5.43 Å². The molecule has 0 saturated heterocycles. The molecule has 0 saturated carbocycles. The standard InChI is InChI=1S/C11H11F3N6O/c1-20-10(16-5-17-20)18-9(21)6-3-2-4-7(8(6)19-15)11(12,13)14/h2-5,19H,15H2,1H3,(H,16,17,18,21). The van der Waals surface area contributed by atoms with Gasteiger partial charge in [-0.25, -0.2) is 4.68 Å². The van der Waals surface area contributed by atoms with Crippen molar-refractivity contribution in [2.24, 2.45) is 12.9 Å². The summed E-state index contributed by atoms with van der Waals surface area (Å²) in [7, 11) is 1.52. The van der Waals surface area contributed by atoms with Crippen LogP contribution < -0.4 is 16.6 Å². The molecule has 0 bridgehead atoms. The molecule has 0 radical (unpaired) electrons. The number of anilines is 2. The summed E-state index contributed by atoms with van der Waals surface area (Å²) in [4.78, 5) is 15.8. The number of aryl methyl sites for hydroxylation is 1. The number of carbonyl (C=O) groups excluding carboxylic acids is 1. The van der Waals surface area contributed by atoms with Gasteiger partial charge in [0.2, 0.25) is 5.95 Å². The molecule has 0 aliphatic carbocycles. The highest BCUT2D eigenvalue weighted by atomic mass is 19.4. The molecule has 0 fully saturated rings. The van der Waals surface area contributed by atoms with Crippen LogP contribution in [0.15, 0.2) is 24.5 Å². The molecule has 0 aliphatic heterocycles. The fourth-order valence-electron chi connectivity index (χ4n) is 1.71. The summed E-state index contributed by atoms with van der Waals surface area (Å²) in [5.41, 5.74) is 0.126. The summed E-state index contributed by atoms with van der Waals surface area (Å²) in [6, 6.07) is 3.17. The van der Waals surface area contributed by atoms with Gasteiger partial charge in [-0.15, -0.1) is 0 Å². The van der Waals surface area contributed by atoms with Crippen LogP contribution in [0.25, 0.3) is 0 Å².